The molecule has 1 aromatic heterocycles. The average molecular weight is 432 g/mol. The summed E-state index contributed by atoms with van der Waals surface area (Å²) < 4.78 is 0. The van der Waals surface area contributed by atoms with Gasteiger partial charge in [-0.15, -0.1) is 0 Å². The number of hydrogen-bond acceptors (Lipinski definition) is 6. The Morgan fingerprint density at radius 1 is 1.00 bits per heavy atom. The zero-order valence-corrected chi connectivity index (χ0v) is 18.8. The van der Waals surface area contributed by atoms with Crippen LogP contribution in [0.25, 0.3) is 0 Å². The van der Waals surface area contributed by atoms with Crippen LogP contribution in [0.3, 0.4) is 0 Å². The van der Waals surface area contributed by atoms with Crippen molar-refractivity contribution in [3.63, 3.8) is 0 Å². The van der Waals surface area contributed by atoms with Crippen molar-refractivity contribution in [2.45, 2.75) is 41.4 Å². The summed E-state index contributed by atoms with van der Waals surface area (Å²) in [6.07, 6.45) is 3.20. The third kappa shape index (κ3) is 3.90. The van der Waals surface area contributed by atoms with Gasteiger partial charge in [0, 0.05) is 46.9 Å². The summed E-state index contributed by atoms with van der Waals surface area (Å²) in [6, 6.07) is 19.4. The van der Waals surface area contributed by atoms with E-state index in [-0.39, 0.29) is 5.41 Å². The standard InChI is InChI=1S/C25H29N5S/c1-25(20-11-5-6-12-21(20)31-18-8-3-2-4-9-18)13-7-10-19-22(25)28-24(26)29-23(19)30-16-14-27-15-17-30/h2-6,8-9,11-12,27H,7,10,13-17H2,1H3,(H2,26,28,29). The molecule has 1 unspecified atom stereocenters. The Balaban J connectivity index is 1.61. The molecule has 0 amide bonds. The number of nitrogen functional groups attached to an aromatic ring is 1. The number of rotatable bonds is 4. The van der Waals surface area contributed by atoms with Gasteiger partial charge in [-0.1, -0.05) is 48.2 Å². The molecule has 2 heterocycles. The Hall–Kier alpha value is -2.57. The van der Waals surface area contributed by atoms with E-state index in [1.807, 2.05) is 11.8 Å². The average Bonchev–Trinajstić information content (AvgIpc) is 2.81. The topological polar surface area (TPSA) is 67.1 Å². The fourth-order valence-electron chi connectivity index (χ4n) is 4.94. The first kappa shape index (κ1) is 20.3. The van der Waals surface area contributed by atoms with Gasteiger partial charge >= 0.3 is 0 Å². The van der Waals surface area contributed by atoms with Crippen LogP contribution < -0.4 is 16.0 Å². The van der Waals surface area contributed by atoms with Crippen molar-refractivity contribution in [2.75, 3.05) is 36.8 Å². The predicted octanol–water partition coefficient (Wildman–Crippen LogP) is 4.26. The van der Waals surface area contributed by atoms with Gasteiger partial charge in [0.05, 0.1) is 5.69 Å². The largest absolute Gasteiger partial charge is 0.368 e. The van der Waals surface area contributed by atoms with Crippen LogP contribution >= 0.6 is 11.8 Å². The first-order valence-electron chi connectivity index (χ1n) is 11.1. The van der Waals surface area contributed by atoms with E-state index in [1.165, 1.54) is 20.9 Å². The van der Waals surface area contributed by atoms with E-state index < -0.39 is 0 Å². The lowest BCUT2D eigenvalue weighted by atomic mass is 9.70. The third-order valence-electron chi connectivity index (χ3n) is 6.50. The van der Waals surface area contributed by atoms with E-state index in [0.29, 0.717) is 5.95 Å². The number of aromatic nitrogens is 2. The second-order valence-corrected chi connectivity index (χ2v) is 9.68. The number of hydrogen-bond donors (Lipinski definition) is 2. The molecule has 6 heteroatoms. The summed E-state index contributed by atoms with van der Waals surface area (Å²) in [4.78, 5) is 14.5. The molecule has 3 N–H and O–H groups in total. The molecule has 1 atom stereocenters. The second-order valence-electron chi connectivity index (χ2n) is 8.57. The summed E-state index contributed by atoms with van der Waals surface area (Å²) in [5, 5.41) is 3.43. The van der Waals surface area contributed by atoms with E-state index >= 15 is 0 Å². The van der Waals surface area contributed by atoms with Gasteiger partial charge in [0.15, 0.2) is 0 Å². The maximum absolute atomic E-state index is 6.28. The number of benzene rings is 2. The minimum atomic E-state index is -0.189. The van der Waals surface area contributed by atoms with Crippen LogP contribution in [0, 0.1) is 0 Å². The SMILES string of the molecule is CC1(c2ccccc2Sc2ccccc2)CCCc2c(N3CCNCC3)nc(N)nc21. The molecule has 1 aliphatic carbocycles. The fourth-order valence-corrected chi connectivity index (χ4v) is 6.04. The van der Waals surface area contributed by atoms with E-state index in [1.54, 1.807) is 0 Å². The molecule has 5 rings (SSSR count). The Morgan fingerprint density at radius 3 is 2.55 bits per heavy atom. The van der Waals surface area contributed by atoms with Crippen LogP contribution in [0.1, 0.15) is 36.6 Å². The Morgan fingerprint density at radius 2 is 1.74 bits per heavy atom. The number of fused-ring (bicyclic) bond motifs is 1. The molecule has 2 aromatic carbocycles. The monoisotopic (exact) mass is 431 g/mol. The van der Waals surface area contributed by atoms with Crippen LogP contribution in [0.5, 0.6) is 0 Å². The van der Waals surface area contributed by atoms with Crippen molar-refractivity contribution in [2.24, 2.45) is 0 Å². The summed E-state index contributed by atoms with van der Waals surface area (Å²) in [5.74, 6) is 1.43. The Kier molecular flexibility index (Phi) is 5.59. The highest BCUT2D eigenvalue weighted by Gasteiger charge is 2.39. The van der Waals surface area contributed by atoms with Gasteiger partial charge in [0.2, 0.25) is 5.95 Å². The number of piperazine rings is 1. The maximum Gasteiger partial charge on any atom is 0.222 e. The molecule has 0 radical (unpaired) electrons. The normalized spacial score (nSPS) is 21.0. The van der Waals surface area contributed by atoms with Gasteiger partial charge in [-0.05, 0) is 49.9 Å². The second kappa shape index (κ2) is 8.52. The molecule has 0 spiro atoms. The number of nitrogens with two attached hydrogens (primary N) is 1. The van der Waals surface area contributed by atoms with E-state index in [4.69, 9.17) is 15.7 Å². The molecular weight excluding hydrogens is 402 g/mol. The van der Waals surface area contributed by atoms with Gasteiger partial charge in [0.1, 0.15) is 5.82 Å². The van der Waals surface area contributed by atoms with Crippen LogP contribution in [0.15, 0.2) is 64.4 Å². The molecule has 5 nitrogen and oxygen atoms in total. The van der Waals surface area contributed by atoms with Gasteiger partial charge in [-0.3, -0.25) is 0 Å². The van der Waals surface area contributed by atoms with E-state index in [9.17, 15) is 0 Å². The van der Waals surface area contributed by atoms with Crippen LogP contribution in [0.2, 0.25) is 0 Å². The predicted molar refractivity (Wildman–Crippen MR) is 128 cm³/mol. The lowest BCUT2D eigenvalue weighted by Gasteiger charge is -2.39. The molecule has 3 aromatic rings. The Bertz CT molecular complexity index is 1060. The lowest BCUT2D eigenvalue weighted by Crippen LogP contribution is -2.45. The molecule has 0 saturated carbocycles. The van der Waals surface area contributed by atoms with Crippen molar-refractivity contribution < 1.29 is 0 Å². The first-order chi connectivity index (χ1) is 15.1. The van der Waals surface area contributed by atoms with Crippen LogP contribution in [-0.4, -0.2) is 36.1 Å². The van der Waals surface area contributed by atoms with Crippen LogP contribution in [-0.2, 0) is 11.8 Å². The molecule has 1 aliphatic heterocycles. The quantitative estimate of drug-likeness (QED) is 0.643. The molecule has 1 saturated heterocycles. The van der Waals surface area contributed by atoms with Gasteiger partial charge in [0.25, 0.3) is 0 Å². The molecule has 1 fully saturated rings. The summed E-state index contributed by atoms with van der Waals surface area (Å²) >= 11 is 1.82. The number of nitrogens with one attached hydrogen (secondary N) is 1. The zero-order chi connectivity index (χ0) is 21.3. The van der Waals surface area contributed by atoms with E-state index in [0.717, 1.165) is 57.0 Å². The molecule has 0 bridgehead atoms. The highest BCUT2D eigenvalue weighted by atomic mass is 32.2. The van der Waals surface area contributed by atoms with Crippen molar-refractivity contribution in [1.29, 1.82) is 0 Å². The maximum atomic E-state index is 6.28. The minimum absolute atomic E-state index is 0.189. The summed E-state index contributed by atoms with van der Waals surface area (Å²) in [5.41, 5.74) is 9.81. The van der Waals surface area contributed by atoms with Crippen molar-refractivity contribution in [3.05, 3.63) is 71.4 Å². The Labute approximate surface area is 188 Å². The number of nitrogens with zero attached hydrogens (tertiary/aromatic N) is 3. The highest BCUT2D eigenvalue weighted by molar-refractivity contribution is 7.99. The van der Waals surface area contributed by atoms with Crippen molar-refractivity contribution in [3.8, 4) is 0 Å². The summed E-state index contributed by atoms with van der Waals surface area (Å²) in [6.45, 7) is 6.21. The number of anilines is 2. The summed E-state index contributed by atoms with van der Waals surface area (Å²) in [7, 11) is 0. The van der Waals surface area contributed by atoms with Gasteiger partial charge in [-0.25, -0.2) is 4.98 Å². The lowest BCUT2D eigenvalue weighted by molar-refractivity contribution is 0.442. The molecule has 160 valence electrons. The van der Waals surface area contributed by atoms with Crippen LogP contribution in [0.4, 0.5) is 11.8 Å². The molecule has 31 heavy (non-hydrogen) atoms. The van der Waals surface area contributed by atoms with Crippen molar-refractivity contribution >= 4 is 23.5 Å². The third-order valence-corrected chi connectivity index (χ3v) is 7.58. The molecule has 2 aliphatic rings. The smallest absolute Gasteiger partial charge is 0.222 e. The first-order valence-corrected chi connectivity index (χ1v) is 11.9. The minimum Gasteiger partial charge on any atom is -0.368 e. The van der Waals surface area contributed by atoms with Gasteiger partial charge < -0.3 is 16.0 Å². The highest BCUT2D eigenvalue weighted by Crippen LogP contribution is 2.47. The van der Waals surface area contributed by atoms with Crippen molar-refractivity contribution in [1.82, 2.24) is 15.3 Å². The van der Waals surface area contributed by atoms with E-state index in [2.05, 4.69) is 71.7 Å². The zero-order valence-electron chi connectivity index (χ0n) is 18.0. The molecular formula is C25H29N5S. The van der Waals surface area contributed by atoms with Gasteiger partial charge in [-0.2, -0.15) is 4.98 Å². The fraction of sp³-hybridized carbons (Fsp3) is 0.360.